The summed E-state index contributed by atoms with van der Waals surface area (Å²) in [5.41, 5.74) is 0. The van der Waals surface area contributed by atoms with Gasteiger partial charge in [0.15, 0.2) is 6.10 Å². The van der Waals surface area contributed by atoms with Crippen LogP contribution >= 0.6 is 7.82 Å². The van der Waals surface area contributed by atoms with E-state index in [9.17, 15) is 24.2 Å². The number of carbonyl (C=O) groups excluding carboxylic acids is 2. The molecule has 10 nitrogen and oxygen atoms in total. The van der Waals surface area contributed by atoms with Crippen LogP contribution in [0.25, 0.3) is 0 Å². The van der Waals surface area contributed by atoms with Crippen LogP contribution in [0.5, 0.6) is 0 Å². The highest BCUT2D eigenvalue weighted by Crippen LogP contribution is 2.43. The maximum absolute atomic E-state index is 12.5. The number of unbranched alkanes of at least 4 members (excludes halogenated alkanes) is 19. The Balaban J connectivity index is 4.32. The summed E-state index contributed by atoms with van der Waals surface area (Å²) in [6.07, 6.45) is 42.4. The van der Waals surface area contributed by atoms with Crippen LogP contribution in [0.3, 0.4) is 0 Å². The second-order valence-electron chi connectivity index (χ2n) is 14.4. The molecule has 0 saturated heterocycles. The van der Waals surface area contributed by atoms with Crippen LogP contribution in [0.2, 0.25) is 0 Å². The Bertz CT molecular complexity index is 1060. The van der Waals surface area contributed by atoms with E-state index in [-0.39, 0.29) is 19.4 Å². The van der Waals surface area contributed by atoms with E-state index in [2.05, 4.69) is 54.8 Å². The van der Waals surface area contributed by atoms with Crippen LogP contribution in [0.15, 0.2) is 48.6 Å². The van der Waals surface area contributed by atoms with Crippen molar-refractivity contribution in [1.29, 1.82) is 0 Å². The van der Waals surface area contributed by atoms with E-state index in [1.807, 2.05) is 12.2 Å². The van der Waals surface area contributed by atoms with Gasteiger partial charge in [-0.3, -0.25) is 18.6 Å². The van der Waals surface area contributed by atoms with Gasteiger partial charge in [0.1, 0.15) is 12.7 Å². The Morgan fingerprint density at radius 2 is 1.04 bits per heavy atom. The Morgan fingerprint density at radius 3 is 1.62 bits per heavy atom. The SMILES string of the molecule is CCCCC/C=C/C=C/CCCCCCCCCCCCC(=O)OCC(COP(=O)(O)OC[C@H](O)CO)OC(=O)CC/C=C/C/C=C/CCCCCCCC. The second kappa shape index (κ2) is 40.1. The molecule has 0 amide bonds. The number of phosphoric acid groups is 1. The van der Waals surface area contributed by atoms with Crippen molar-refractivity contribution in [2.75, 3.05) is 26.4 Å². The lowest BCUT2D eigenvalue weighted by atomic mass is 10.1. The van der Waals surface area contributed by atoms with Gasteiger partial charge in [-0.1, -0.05) is 159 Å². The van der Waals surface area contributed by atoms with Crippen molar-refractivity contribution >= 4 is 19.8 Å². The van der Waals surface area contributed by atoms with Gasteiger partial charge in [-0.15, -0.1) is 0 Å². The van der Waals surface area contributed by atoms with Crippen molar-refractivity contribution in [3.63, 3.8) is 0 Å². The number of rotatable bonds is 40. The number of phosphoric ester groups is 1. The summed E-state index contributed by atoms with van der Waals surface area (Å²) in [5, 5.41) is 18.3. The molecule has 0 saturated carbocycles. The summed E-state index contributed by atoms with van der Waals surface area (Å²) in [4.78, 5) is 34.9. The molecule has 0 spiro atoms. The quantitative estimate of drug-likeness (QED) is 0.0180. The summed E-state index contributed by atoms with van der Waals surface area (Å²) in [5.74, 6) is -1.01. The Morgan fingerprint density at radius 1 is 0.564 bits per heavy atom. The lowest BCUT2D eigenvalue weighted by Gasteiger charge is -2.20. The largest absolute Gasteiger partial charge is 0.472 e. The van der Waals surface area contributed by atoms with Gasteiger partial charge in [0.05, 0.1) is 19.8 Å². The second-order valence-corrected chi connectivity index (χ2v) is 15.8. The number of esters is 2. The summed E-state index contributed by atoms with van der Waals surface area (Å²) in [7, 11) is -4.63. The molecular formula is C44H79O10P. The van der Waals surface area contributed by atoms with Gasteiger partial charge in [-0.05, 0) is 57.8 Å². The van der Waals surface area contributed by atoms with Crippen LogP contribution < -0.4 is 0 Å². The number of aliphatic hydroxyl groups is 2. The van der Waals surface area contributed by atoms with Gasteiger partial charge < -0.3 is 24.6 Å². The zero-order valence-corrected chi connectivity index (χ0v) is 35.5. The van der Waals surface area contributed by atoms with E-state index < -0.39 is 51.8 Å². The topological polar surface area (TPSA) is 149 Å². The van der Waals surface area contributed by atoms with Gasteiger partial charge in [0.25, 0.3) is 0 Å². The summed E-state index contributed by atoms with van der Waals surface area (Å²) < 4.78 is 32.6. The highest BCUT2D eigenvalue weighted by Gasteiger charge is 2.27. The number of hydrogen-bond donors (Lipinski definition) is 3. The normalized spacial score (nSPS) is 14.3. The standard InChI is InChI=1S/C44H79O10P/c1-3-5-7-9-11-13-15-17-18-19-20-21-22-24-25-27-29-31-33-35-43(47)51-39-42(40-53-55(49,50)52-38-41(46)37-45)54-44(48)36-34-32-30-28-26-23-16-14-12-10-8-6-4-2/h11,13,15,17,23,26,30,32,41-42,45-46H,3-10,12,14,16,18-22,24-25,27-29,31,33-40H2,1-2H3,(H,49,50)/b13-11+,17-15+,26-23+,32-30+/t41-,42?/m1/s1. The van der Waals surface area contributed by atoms with E-state index in [1.165, 1.54) is 103 Å². The molecule has 3 atom stereocenters. The highest BCUT2D eigenvalue weighted by atomic mass is 31.2. The first-order valence-electron chi connectivity index (χ1n) is 21.6. The lowest BCUT2D eigenvalue weighted by molar-refractivity contribution is -0.161. The van der Waals surface area contributed by atoms with Gasteiger partial charge in [0, 0.05) is 12.8 Å². The molecule has 0 aromatic heterocycles. The molecule has 0 aliphatic rings. The van der Waals surface area contributed by atoms with Crippen LogP contribution in [0, 0.1) is 0 Å². The number of aliphatic hydroxyl groups excluding tert-OH is 2. The van der Waals surface area contributed by atoms with E-state index in [0.29, 0.717) is 12.8 Å². The van der Waals surface area contributed by atoms with E-state index in [4.69, 9.17) is 19.1 Å². The lowest BCUT2D eigenvalue weighted by Crippen LogP contribution is -2.29. The minimum atomic E-state index is -4.63. The summed E-state index contributed by atoms with van der Waals surface area (Å²) in [6.45, 7) is 2.27. The van der Waals surface area contributed by atoms with Crippen molar-refractivity contribution in [3.05, 3.63) is 48.6 Å². The van der Waals surface area contributed by atoms with Crippen LogP contribution in [-0.2, 0) is 32.7 Å². The maximum Gasteiger partial charge on any atom is 0.472 e. The minimum absolute atomic E-state index is 0.0767. The van der Waals surface area contributed by atoms with Gasteiger partial charge in [-0.25, -0.2) is 4.57 Å². The predicted octanol–water partition coefficient (Wildman–Crippen LogP) is 11.3. The van der Waals surface area contributed by atoms with Gasteiger partial charge in [0.2, 0.25) is 0 Å². The van der Waals surface area contributed by atoms with Crippen molar-refractivity contribution < 1.29 is 47.8 Å². The zero-order chi connectivity index (χ0) is 40.5. The molecule has 0 aromatic carbocycles. The number of allylic oxidation sites excluding steroid dienone is 8. The molecule has 0 bridgehead atoms. The fourth-order valence-corrected chi connectivity index (χ4v) is 6.41. The fraction of sp³-hybridized carbons (Fsp3) is 0.773. The molecule has 11 heteroatoms. The first-order chi connectivity index (χ1) is 26.7. The molecule has 0 aliphatic heterocycles. The average molecular weight is 799 g/mol. The molecule has 320 valence electrons. The predicted molar refractivity (Wildman–Crippen MR) is 224 cm³/mol. The van der Waals surface area contributed by atoms with Crippen molar-refractivity contribution in [2.45, 2.75) is 193 Å². The maximum atomic E-state index is 12.5. The first-order valence-corrected chi connectivity index (χ1v) is 23.1. The Hall–Kier alpha value is -2.07. The highest BCUT2D eigenvalue weighted by molar-refractivity contribution is 7.47. The molecule has 0 rings (SSSR count). The summed E-state index contributed by atoms with van der Waals surface area (Å²) in [6, 6.07) is 0. The number of carbonyl (C=O) groups is 2. The van der Waals surface area contributed by atoms with Crippen LogP contribution in [0.4, 0.5) is 0 Å². The number of ether oxygens (including phenoxy) is 2. The molecule has 0 heterocycles. The molecule has 55 heavy (non-hydrogen) atoms. The molecule has 0 fully saturated rings. The smallest absolute Gasteiger partial charge is 0.462 e. The van der Waals surface area contributed by atoms with Crippen LogP contribution in [0.1, 0.15) is 181 Å². The zero-order valence-electron chi connectivity index (χ0n) is 34.6. The van der Waals surface area contributed by atoms with E-state index in [1.54, 1.807) is 0 Å². The Kier molecular flexibility index (Phi) is 38.6. The molecule has 0 aliphatic carbocycles. The Labute approximate surface area is 334 Å². The average Bonchev–Trinajstić information content (AvgIpc) is 3.17. The fourth-order valence-electron chi connectivity index (χ4n) is 5.62. The first kappa shape index (κ1) is 52.9. The van der Waals surface area contributed by atoms with Gasteiger partial charge >= 0.3 is 19.8 Å². The molecular weight excluding hydrogens is 719 g/mol. The third kappa shape index (κ3) is 39.9. The van der Waals surface area contributed by atoms with Gasteiger partial charge in [-0.2, -0.15) is 0 Å². The molecule has 0 aromatic rings. The number of hydrogen-bond acceptors (Lipinski definition) is 9. The van der Waals surface area contributed by atoms with E-state index in [0.717, 1.165) is 38.5 Å². The molecule has 0 radical (unpaired) electrons. The van der Waals surface area contributed by atoms with Crippen molar-refractivity contribution in [2.24, 2.45) is 0 Å². The van der Waals surface area contributed by atoms with E-state index >= 15 is 0 Å². The third-order valence-electron chi connectivity index (χ3n) is 9.00. The minimum Gasteiger partial charge on any atom is -0.462 e. The monoisotopic (exact) mass is 799 g/mol. The molecule has 3 N–H and O–H groups in total. The summed E-state index contributed by atoms with van der Waals surface area (Å²) >= 11 is 0. The molecule has 2 unspecified atom stereocenters. The van der Waals surface area contributed by atoms with Crippen molar-refractivity contribution in [1.82, 2.24) is 0 Å². The van der Waals surface area contributed by atoms with Crippen molar-refractivity contribution in [3.8, 4) is 0 Å². The van der Waals surface area contributed by atoms with Crippen LogP contribution in [-0.4, -0.2) is 65.7 Å². The third-order valence-corrected chi connectivity index (χ3v) is 9.95.